The van der Waals surface area contributed by atoms with Gasteiger partial charge in [0.1, 0.15) is 16.8 Å². The van der Waals surface area contributed by atoms with Crippen LogP contribution in [0.25, 0.3) is 0 Å². The molecule has 2 N–H and O–H groups in total. The van der Waals surface area contributed by atoms with Gasteiger partial charge in [-0.25, -0.2) is 0 Å². The zero-order valence-corrected chi connectivity index (χ0v) is 10.8. The molecule has 0 aromatic heterocycles. The quantitative estimate of drug-likeness (QED) is 0.836. The van der Waals surface area contributed by atoms with E-state index in [0.29, 0.717) is 4.99 Å². The van der Waals surface area contributed by atoms with Crippen LogP contribution in [-0.2, 0) is 4.74 Å². The first-order valence-corrected chi connectivity index (χ1v) is 6.22. The summed E-state index contributed by atoms with van der Waals surface area (Å²) in [7, 11) is 0. The largest absolute Gasteiger partial charge is 0.490 e. The van der Waals surface area contributed by atoms with Gasteiger partial charge in [0, 0.05) is 18.4 Å². The predicted molar refractivity (Wildman–Crippen MR) is 71.5 cm³/mol. The summed E-state index contributed by atoms with van der Waals surface area (Å²) in [6, 6.07) is 5.84. The minimum Gasteiger partial charge on any atom is -0.490 e. The van der Waals surface area contributed by atoms with Gasteiger partial charge in [-0.1, -0.05) is 12.2 Å². The van der Waals surface area contributed by atoms with Crippen molar-refractivity contribution in [2.24, 2.45) is 5.73 Å². The van der Waals surface area contributed by atoms with Gasteiger partial charge in [0.25, 0.3) is 0 Å². The standard InChI is InChI=1S/C13H17NO2S/c1-9-8-11(2-3-12(9)13(14)17)16-10-4-6-15-7-5-10/h2-3,8,10H,4-7H2,1H3,(H2,14,17). The van der Waals surface area contributed by atoms with E-state index in [9.17, 15) is 0 Å². The first-order chi connectivity index (χ1) is 8.16. The van der Waals surface area contributed by atoms with E-state index in [1.165, 1.54) is 0 Å². The van der Waals surface area contributed by atoms with Gasteiger partial charge in [-0.3, -0.25) is 0 Å². The van der Waals surface area contributed by atoms with E-state index >= 15 is 0 Å². The fourth-order valence-corrected chi connectivity index (χ4v) is 2.20. The van der Waals surface area contributed by atoms with Crippen LogP contribution in [0.3, 0.4) is 0 Å². The van der Waals surface area contributed by atoms with Crippen molar-refractivity contribution >= 4 is 17.2 Å². The van der Waals surface area contributed by atoms with Gasteiger partial charge in [-0.15, -0.1) is 0 Å². The van der Waals surface area contributed by atoms with Crippen LogP contribution < -0.4 is 10.5 Å². The summed E-state index contributed by atoms with van der Waals surface area (Å²) >= 11 is 4.97. The van der Waals surface area contributed by atoms with E-state index in [1.54, 1.807) is 0 Å². The summed E-state index contributed by atoms with van der Waals surface area (Å²) in [6.45, 7) is 3.56. The van der Waals surface area contributed by atoms with Crippen molar-refractivity contribution in [2.75, 3.05) is 13.2 Å². The summed E-state index contributed by atoms with van der Waals surface area (Å²) in [5.74, 6) is 0.884. The topological polar surface area (TPSA) is 44.5 Å². The lowest BCUT2D eigenvalue weighted by atomic mass is 10.1. The molecule has 0 radical (unpaired) electrons. The van der Waals surface area contributed by atoms with Crippen LogP contribution in [0.2, 0.25) is 0 Å². The SMILES string of the molecule is Cc1cc(OC2CCOCC2)ccc1C(N)=S. The maximum Gasteiger partial charge on any atom is 0.120 e. The molecule has 1 aromatic carbocycles. The van der Waals surface area contributed by atoms with Crippen LogP contribution in [-0.4, -0.2) is 24.3 Å². The zero-order valence-electron chi connectivity index (χ0n) is 9.94. The Morgan fingerprint density at radius 3 is 2.71 bits per heavy atom. The maximum absolute atomic E-state index is 5.91. The van der Waals surface area contributed by atoms with Crippen LogP contribution in [0.1, 0.15) is 24.0 Å². The van der Waals surface area contributed by atoms with Crippen LogP contribution >= 0.6 is 12.2 Å². The molecule has 17 heavy (non-hydrogen) atoms. The summed E-state index contributed by atoms with van der Waals surface area (Å²) < 4.78 is 11.2. The fraction of sp³-hybridized carbons (Fsp3) is 0.462. The van der Waals surface area contributed by atoms with Gasteiger partial charge in [0.05, 0.1) is 13.2 Å². The van der Waals surface area contributed by atoms with Crippen molar-refractivity contribution in [2.45, 2.75) is 25.9 Å². The lowest BCUT2D eigenvalue weighted by Gasteiger charge is -2.23. The Hall–Kier alpha value is -1.13. The van der Waals surface area contributed by atoms with Crippen molar-refractivity contribution in [3.05, 3.63) is 29.3 Å². The summed E-state index contributed by atoms with van der Waals surface area (Å²) in [6.07, 6.45) is 2.17. The third-order valence-corrected chi connectivity index (χ3v) is 3.15. The van der Waals surface area contributed by atoms with Crippen molar-refractivity contribution in [1.29, 1.82) is 0 Å². The molecule has 1 aliphatic rings. The van der Waals surface area contributed by atoms with Gasteiger partial charge in [0.15, 0.2) is 0 Å². The molecule has 1 saturated heterocycles. The predicted octanol–water partition coefficient (Wildman–Crippen LogP) is 2.19. The third kappa shape index (κ3) is 3.17. The second-order valence-electron chi connectivity index (χ2n) is 4.27. The Morgan fingerprint density at radius 1 is 1.41 bits per heavy atom. The van der Waals surface area contributed by atoms with E-state index in [1.807, 2.05) is 25.1 Å². The van der Waals surface area contributed by atoms with Crippen molar-refractivity contribution in [3.63, 3.8) is 0 Å². The Bertz CT molecular complexity index is 414. The Balaban J connectivity index is 2.06. The second-order valence-corrected chi connectivity index (χ2v) is 4.71. The van der Waals surface area contributed by atoms with Crippen molar-refractivity contribution in [3.8, 4) is 5.75 Å². The Kier molecular flexibility index (Phi) is 3.97. The van der Waals surface area contributed by atoms with Gasteiger partial charge in [-0.05, 0) is 30.7 Å². The third-order valence-electron chi connectivity index (χ3n) is 2.93. The number of thiocarbonyl (C=S) groups is 1. The first-order valence-electron chi connectivity index (χ1n) is 5.81. The number of ether oxygens (including phenoxy) is 2. The van der Waals surface area contributed by atoms with E-state index in [-0.39, 0.29) is 6.10 Å². The molecular weight excluding hydrogens is 234 g/mol. The zero-order chi connectivity index (χ0) is 12.3. The normalized spacial score (nSPS) is 16.8. The van der Waals surface area contributed by atoms with E-state index in [0.717, 1.165) is 42.9 Å². The van der Waals surface area contributed by atoms with Gasteiger partial charge in [0.2, 0.25) is 0 Å². The van der Waals surface area contributed by atoms with Gasteiger partial charge in [-0.2, -0.15) is 0 Å². The highest BCUT2D eigenvalue weighted by Gasteiger charge is 2.15. The minimum absolute atomic E-state index is 0.263. The van der Waals surface area contributed by atoms with E-state index in [2.05, 4.69) is 0 Å². The van der Waals surface area contributed by atoms with Crippen molar-refractivity contribution < 1.29 is 9.47 Å². The molecule has 4 heteroatoms. The second kappa shape index (κ2) is 5.47. The average Bonchev–Trinajstić information content (AvgIpc) is 2.30. The molecule has 0 spiro atoms. The number of aryl methyl sites for hydroxylation is 1. The Morgan fingerprint density at radius 2 is 2.12 bits per heavy atom. The number of rotatable bonds is 3. The van der Waals surface area contributed by atoms with E-state index in [4.69, 9.17) is 27.4 Å². The fourth-order valence-electron chi connectivity index (χ4n) is 1.97. The molecule has 2 rings (SSSR count). The van der Waals surface area contributed by atoms with Crippen molar-refractivity contribution in [1.82, 2.24) is 0 Å². The molecule has 1 aromatic rings. The summed E-state index contributed by atoms with van der Waals surface area (Å²) in [4.78, 5) is 0.431. The monoisotopic (exact) mass is 251 g/mol. The smallest absolute Gasteiger partial charge is 0.120 e. The molecule has 0 atom stereocenters. The van der Waals surface area contributed by atoms with E-state index < -0.39 is 0 Å². The highest BCUT2D eigenvalue weighted by Crippen LogP contribution is 2.21. The van der Waals surface area contributed by atoms with Crippen LogP contribution in [0, 0.1) is 6.92 Å². The molecule has 1 heterocycles. The number of hydrogen-bond acceptors (Lipinski definition) is 3. The highest BCUT2D eigenvalue weighted by molar-refractivity contribution is 7.80. The molecule has 0 unspecified atom stereocenters. The minimum atomic E-state index is 0.263. The molecule has 92 valence electrons. The lowest BCUT2D eigenvalue weighted by Crippen LogP contribution is -2.26. The maximum atomic E-state index is 5.91. The Labute approximate surface area is 107 Å². The molecular formula is C13H17NO2S. The highest BCUT2D eigenvalue weighted by atomic mass is 32.1. The number of nitrogens with two attached hydrogens (primary N) is 1. The molecule has 1 fully saturated rings. The molecule has 3 nitrogen and oxygen atoms in total. The molecule has 0 aliphatic carbocycles. The van der Waals surface area contributed by atoms with Crippen LogP contribution in [0.4, 0.5) is 0 Å². The number of benzene rings is 1. The molecule has 0 amide bonds. The lowest BCUT2D eigenvalue weighted by molar-refractivity contribution is 0.0255. The van der Waals surface area contributed by atoms with Gasteiger partial charge >= 0.3 is 0 Å². The van der Waals surface area contributed by atoms with Crippen LogP contribution in [0.15, 0.2) is 18.2 Å². The average molecular weight is 251 g/mol. The number of hydrogen-bond donors (Lipinski definition) is 1. The summed E-state index contributed by atoms with van der Waals surface area (Å²) in [5, 5.41) is 0. The molecule has 0 saturated carbocycles. The summed E-state index contributed by atoms with van der Waals surface area (Å²) in [5.41, 5.74) is 7.60. The van der Waals surface area contributed by atoms with Gasteiger partial charge < -0.3 is 15.2 Å². The first kappa shape index (κ1) is 12.3. The van der Waals surface area contributed by atoms with Crippen LogP contribution in [0.5, 0.6) is 5.75 Å². The molecule has 1 aliphatic heterocycles. The molecule has 0 bridgehead atoms.